The second-order valence-electron chi connectivity index (χ2n) is 6.28. The highest BCUT2D eigenvalue weighted by atomic mass is 32.2. The van der Waals surface area contributed by atoms with Gasteiger partial charge in [0.05, 0.1) is 17.5 Å². The first-order valence-corrected chi connectivity index (χ1v) is 10.0. The van der Waals surface area contributed by atoms with Crippen LogP contribution in [0.15, 0.2) is 30.3 Å². The average Bonchev–Trinajstić information content (AvgIpc) is 3.24. The molecule has 0 aromatic heterocycles. The first-order valence-electron chi connectivity index (χ1n) is 7.80. The predicted molar refractivity (Wildman–Crippen MR) is 92.5 cm³/mol. The minimum absolute atomic E-state index is 0.0421. The van der Waals surface area contributed by atoms with E-state index in [1.54, 1.807) is 0 Å². The molecule has 1 aliphatic carbocycles. The Labute approximate surface area is 137 Å². The van der Waals surface area contributed by atoms with Crippen molar-refractivity contribution in [2.45, 2.75) is 44.3 Å². The molecule has 0 radical (unpaired) electrons. The van der Waals surface area contributed by atoms with Gasteiger partial charge in [0.15, 0.2) is 14.9 Å². The normalized spacial score (nSPS) is 24.7. The van der Waals surface area contributed by atoms with Crippen LogP contribution in [0, 0.1) is 0 Å². The second-order valence-corrected chi connectivity index (χ2v) is 8.89. The number of rotatable bonds is 4. The van der Waals surface area contributed by atoms with Gasteiger partial charge in [-0.2, -0.15) is 0 Å². The van der Waals surface area contributed by atoms with Gasteiger partial charge in [-0.1, -0.05) is 30.3 Å². The van der Waals surface area contributed by atoms with Crippen LogP contribution < -0.4 is 5.32 Å². The maximum absolute atomic E-state index is 11.8. The van der Waals surface area contributed by atoms with Crippen LogP contribution in [0.2, 0.25) is 0 Å². The van der Waals surface area contributed by atoms with Gasteiger partial charge in [0.25, 0.3) is 0 Å². The van der Waals surface area contributed by atoms with Crippen LogP contribution in [-0.4, -0.2) is 42.0 Å². The highest BCUT2D eigenvalue weighted by molar-refractivity contribution is 7.91. The molecule has 1 aromatic carbocycles. The van der Waals surface area contributed by atoms with E-state index in [0.717, 1.165) is 12.8 Å². The van der Waals surface area contributed by atoms with E-state index in [9.17, 15) is 8.42 Å². The molecule has 1 saturated carbocycles. The molecule has 22 heavy (non-hydrogen) atoms. The smallest absolute Gasteiger partial charge is 0.169 e. The van der Waals surface area contributed by atoms with Crippen molar-refractivity contribution in [2.24, 2.45) is 0 Å². The van der Waals surface area contributed by atoms with Crippen LogP contribution in [-0.2, 0) is 9.84 Å². The van der Waals surface area contributed by atoms with Gasteiger partial charge in [-0.05, 0) is 44.0 Å². The minimum atomic E-state index is -2.89. The highest BCUT2D eigenvalue weighted by Gasteiger charge is 2.41. The molecule has 3 rings (SSSR count). The van der Waals surface area contributed by atoms with Crippen molar-refractivity contribution in [2.75, 3.05) is 11.5 Å². The summed E-state index contributed by atoms with van der Waals surface area (Å²) in [4.78, 5) is 2.15. The quantitative estimate of drug-likeness (QED) is 0.854. The van der Waals surface area contributed by atoms with Gasteiger partial charge in [-0.3, -0.25) is 0 Å². The minimum Gasteiger partial charge on any atom is -0.356 e. The molecule has 120 valence electrons. The molecule has 0 bridgehead atoms. The van der Waals surface area contributed by atoms with E-state index in [2.05, 4.69) is 29.3 Å². The predicted octanol–water partition coefficient (Wildman–Crippen LogP) is 2.27. The summed E-state index contributed by atoms with van der Waals surface area (Å²) in [5.74, 6) is 0.531. The van der Waals surface area contributed by atoms with E-state index in [1.165, 1.54) is 5.56 Å². The summed E-state index contributed by atoms with van der Waals surface area (Å²) in [6, 6.07) is 10.7. The first kappa shape index (κ1) is 15.7. The summed E-state index contributed by atoms with van der Waals surface area (Å²) in [5, 5.41) is 4.08. The molecule has 2 fully saturated rings. The Morgan fingerprint density at radius 1 is 1.23 bits per heavy atom. The lowest BCUT2D eigenvalue weighted by molar-refractivity contribution is 0.317. The van der Waals surface area contributed by atoms with E-state index >= 15 is 0 Å². The van der Waals surface area contributed by atoms with Crippen molar-refractivity contribution in [3.8, 4) is 0 Å². The van der Waals surface area contributed by atoms with E-state index in [4.69, 9.17) is 12.2 Å². The molecule has 1 aliphatic heterocycles. The Morgan fingerprint density at radius 2 is 1.91 bits per heavy atom. The zero-order valence-corrected chi connectivity index (χ0v) is 14.4. The number of nitrogens with one attached hydrogen (secondary N) is 1. The Balaban J connectivity index is 1.69. The van der Waals surface area contributed by atoms with Crippen molar-refractivity contribution in [3.63, 3.8) is 0 Å². The van der Waals surface area contributed by atoms with Crippen molar-refractivity contribution < 1.29 is 8.42 Å². The third kappa shape index (κ3) is 3.60. The van der Waals surface area contributed by atoms with E-state index in [1.807, 2.05) is 18.2 Å². The van der Waals surface area contributed by atoms with Crippen molar-refractivity contribution in [1.29, 1.82) is 0 Å². The number of hydrogen-bond donors (Lipinski definition) is 1. The summed E-state index contributed by atoms with van der Waals surface area (Å²) in [6.07, 6.45) is 2.91. The zero-order valence-electron chi connectivity index (χ0n) is 12.7. The van der Waals surface area contributed by atoms with Crippen molar-refractivity contribution in [1.82, 2.24) is 10.2 Å². The molecule has 0 spiro atoms. The first-order chi connectivity index (χ1) is 10.5. The Kier molecular flexibility index (Phi) is 4.41. The van der Waals surface area contributed by atoms with Gasteiger partial charge in [0.2, 0.25) is 0 Å². The Morgan fingerprint density at radius 3 is 2.45 bits per heavy atom. The van der Waals surface area contributed by atoms with Gasteiger partial charge in [0.1, 0.15) is 0 Å². The SMILES string of the molecule is C[C@H](NC(=S)N(C1CC1)[C@@H]1CCS(=O)(=O)C1)c1ccccc1. The maximum atomic E-state index is 11.8. The number of thiocarbonyl (C=S) groups is 1. The standard InChI is InChI=1S/C16H22N2O2S2/c1-12(13-5-3-2-4-6-13)17-16(21)18(14-7-8-14)15-9-10-22(19,20)11-15/h2-6,12,14-15H,7-11H2,1H3,(H,17,21)/t12-,15+/m0/s1. The highest BCUT2D eigenvalue weighted by Crippen LogP contribution is 2.32. The van der Waals surface area contributed by atoms with Gasteiger partial charge in [0, 0.05) is 12.1 Å². The van der Waals surface area contributed by atoms with Crippen molar-refractivity contribution >= 4 is 27.2 Å². The van der Waals surface area contributed by atoms with Crippen LogP contribution >= 0.6 is 12.2 Å². The molecule has 6 heteroatoms. The lowest BCUT2D eigenvalue weighted by atomic mass is 10.1. The average molecular weight is 338 g/mol. The Hall–Kier alpha value is -1.14. The summed E-state index contributed by atoms with van der Waals surface area (Å²) < 4.78 is 23.5. The monoisotopic (exact) mass is 338 g/mol. The fourth-order valence-electron chi connectivity index (χ4n) is 3.06. The summed E-state index contributed by atoms with van der Waals surface area (Å²) in [7, 11) is -2.89. The van der Waals surface area contributed by atoms with Crippen LogP contribution in [0.3, 0.4) is 0 Å². The fraction of sp³-hybridized carbons (Fsp3) is 0.562. The molecule has 0 unspecified atom stereocenters. The van der Waals surface area contributed by atoms with Gasteiger partial charge in [-0.15, -0.1) is 0 Å². The van der Waals surface area contributed by atoms with E-state index in [0.29, 0.717) is 17.6 Å². The van der Waals surface area contributed by atoms with Crippen LogP contribution in [0.25, 0.3) is 0 Å². The van der Waals surface area contributed by atoms with Crippen LogP contribution in [0.4, 0.5) is 0 Å². The largest absolute Gasteiger partial charge is 0.356 e. The summed E-state index contributed by atoms with van der Waals surface area (Å²) in [5.41, 5.74) is 1.18. The molecule has 4 nitrogen and oxygen atoms in total. The molecule has 2 atom stereocenters. The molecule has 1 heterocycles. The number of hydrogen-bond acceptors (Lipinski definition) is 3. The molecule has 1 saturated heterocycles. The molecule has 0 amide bonds. The number of sulfone groups is 1. The van der Waals surface area contributed by atoms with Gasteiger partial charge >= 0.3 is 0 Å². The molecule has 2 aliphatic rings. The summed E-state index contributed by atoms with van der Waals surface area (Å²) in [6.45, 7) is 2.08. The third-order valence-electron chi connectivity index (χ3n) is 4.42. The fourth-order valence-corrected chi connectivity index (χ4v) is 5.25. The van der Waals surface area contributed by atoms with Crippen molar-refractivity contribution in [3.05, 3.63) is 35.9 Å². The molecular formula is C16H22N2O2S2. The third-order valence-corrected chi connectivity index (χ3v) is 6.50. The molecule has 1 N–H and O–H groups in total. The lowest BCUT2D eigenvalue weighted by Crippen LogP contribution is -2.48. The maximum Gasteiger partial charge on any atom is 0.169 e. The van der Waals surface area contributed by atoms with Crippen LogP contribution in [0.1, 0.15) is 37.8 Å². The van der Waals surface area contributed by atoms with E-state index < -0.39 is 9.84 Å². The molecule has 1 aromatic rings. The van der Waals surface area contributed by atoms with Gasteiger partial charge in [-0.25, -0.2) is 8.42 Å². The summed E-state index contributed by atoms with van der Waals surface area (Å²) >= 11 is 5.60. The van der Waals surface area contributed by atoms with E-state index in [-0.39, 0.29) is 23.6 Å². The zero-order chi connectivity index (χ0) is 15.7. The van der Waals surface area contributed by atoms with Crippen LogP contribution in [0.5, 0.6) is 0 Å². The van der Waals surface area contributed by atoms with Gasteiger partial charge < -0.3 is 10.2 Å². The molecular weight excluding hydrogens is 316 g/mol. The second kappa shape index (κ2) is 6.16. The Bertz CT molecular complexity index is 641. The lowest BCUT2D eigenvalue weighted by Gasteiger charge is -2.32. The number of benzene rings is 1. The topological polar surface area (TPSA) is 49.4 Å². The number of nitrogens with zero attached hydrogens (tertiary/aromatic N) is 1.